The van der Waals surface area contributed by atoms with Gasteiger partial charge in [0.1, 0.15) is 9.75 Å². The Morgan fingerprint density at radius 3 is 2.48 bits per heavy atom. The maximum absolute atomic E-state index is 13.0. The van der Waals surface area contributed by atoms with E-state index in [4.69, 9.17) is 11.6 Å². The smallest absolute Gasteiger partial charge is 0.325 e. The Kier molecular flexibility index (Phi) is 5.33. The average Bonchev–Trinajstić information content (AvgIpc) is 3.16. The molecule has 0 radical (unpaired) electrons. The first-order chi connectivity index (χ1) is 13.7. The topological polar surface area (TPSA) is 83.5 Å². The summed E-state index contributed by atoms with van der Waals surface area (Å²) in [6.07, 6.45) is 0.194. The third-order valence-electron chi connectivity index (χ3n) is 4.91. The first-order valence-corrected chi connectivity index (χ1v) is 12.1. The summed E-state index contributed by atoms with van der Waals surface area (Å²) in [7, 11) is -4.00. The van der Waals surface area contributed by atoms with Crippen LogP contribution in [0.2, 0.25) is 5.02 Å². The van der Waals surface area contributed by atoms with Gasteiger partial charge in [-0.05, 0) is 47.9 Å². The highest BCUT2D eigenvalue weighted by molar-refractivity contribution is 9.10. The molecular formula is C20H15BrClNO4S2. The van der Waals surface area contributed by atoms with Crippen molar-refractivity contribution < 1.29 is 18.3 Å². The molecule has 0 saturated heterocycles. The normalized spacial score (nSPS) is 21.1. The molecule has 2 aromatic carbocycles. The van der Waals surface area contributed by atoms with Crippen molar-refractivity contribution in [2.45, 2.75) is 22.1 Å². The number of aliphatic carboxylic acids is 1. The van der Waals surface area contributed by atoms with E-state index in [0.717, 1.165) is 31.8 Å². The Labute approximate surface area is 185 Å². The largest absolute Gasteiger partial charge is 0.480 e. The Bertz CT molecular complexity index is 1190. The van der Waals surface area contributed by atoms with Crippen molar-refractivity contribution in [1.29, 1.82) is 0 Å². The van der Waals surface area contributed by atoms with E-state index in [9.17, 15) is 18.3 Å². The van der Waals surface area contributed by atoms with Crippen LogP contribution in [-0.4, -0.2) is 25.0 Å². The summed E-state index contributed by atoms with van der Waals surface area (Å²) in [5, 5.41) is 10.4. The first kappa shape index (κ1) is 20.6. The van der Waals surface area contributed by atoms with Gasteiger partial charge in [-0.25, -0.2) is 8.42 Å². The van der Waals surface area contributed by atoms with Crippen LogP contribution in [0.4, 0.5) is 0 Å². The van der Waals surface area contributed by atoms with Crippen LogP contribution in [0.15, 0.2) is 69.3 Å². The molecule has 150 valence electrons. The van der Waals surface area contributed by atoms with Gasteiger partial charge < -0.3 is 5.11 Å². The Hall–Kier alpha value is -1.71. The zero-order valence-corrected chi connectivity index (χ0v) is 18.8. The Morgan fingerprint density at radius 2 is 1.83 bits per heavy atom. The van der Waals surface area contributed by atoms with E-state index in [2.05, 4.69) is 20.7 Å². The third kappa shape index (κ3) is 3.87. The van der Waals surface area contributed by atoms with Crippen LogP contribution in [-0.2, 0) is 14.8 Å². The molecule has 2 atom stereocenters. The highest BCUT2D eigenvalue weighted by Gasteiger charge is 2.63. The van der Waals surface area contributed by atoms with E-state index in [1.807, 2.05) is 12.1 Å². The van der Waals surface area contributed by atoms with Gasteiger partial charge in [0.2, 0.25) is 0 Å². The van der Waals surface area contributed by atoms with Gasteiger partial charge in [-0.15, -0.1) is 11.3 Å². The average molecular weight is 513 g/mol. The van der Waals surface area contributed by atoms with Crippen molar-refractivity contribution in [2.75, 3.05) is 0 Å². The second kappa shape index (κ2) is 7.52. The van der Waals surface area contributed by atoms with E-state index < -0.39 is 27.4 Å². The molecule has 3 aromatic rings. The van der Waals surface area contributed by atoms with Crippen molar-refractivity contribution in [1.82, 2.24) is 4.72 Å². The van der Waals surface area contributed by atoms with Crippen LogP contribution in [0.5, 0.6) is 0 Å². The van der Waals surface area contributed by atoms with Crippen molar-refractivity contribution in [3.63, 3.8) is 0 Å². The molecule has 29 heavy (non-hydrogen) atoms. The number of halogens is 2. The molecule has 1 fully saturated rings. The van der Waals surface area contributed by atoms with Crippen LogP contribution in [0.1, 0.15) is 17.9 Å². The van der Waals surface area contributed by atoms with Gasteiger partial charge in [-0.1, -0.05) is 57.9 Å². The summed E-state index contributed by atoms with van der Waals surface area (Å²) in [5.41, 5.74) is 0.0598. The summed E-state index contributed by atoms with van der Waals surface area (Å²) in [4.78, 5) is 12.7. The fourth-order valence-corrected chi connectivity index (χ4v) is 6.72. The molecule has 4 rings (SSSR count). The maximum Gasteiger partial charge on any atom is 0.325 e. The summed E-state index contributed by atoms with van der Waals surface area (Å²) < 4.78 is 29.2. The van der Waals surface area contributed by atoms with Crippen molar-refractivity contribution in [3.8, 4) is 10.4 Å². The zero-order chi connectivity index (χ0) is 20.8. The second-order valence-electron chi connectivity index (χ2n) is 6.79. The molecule has 0 bridgehead atoms. The predicted molar refractivity (Wildman–Crippen MR) is 117 cm³/mol. The summed E-state index contributed by atoms with van der Waals surface area (Å²) in [6, 6.07) is 17.5. The zero-order valence-electron chi connectivity index (χ0n) is 14.8. The van der Waals surface area contributed by atoms with E-state index in [1.165, 1.54) is 6.07 Å². The van der Waals surface area contributed by atoms with Gasteiger partial charge in [0.15, 0.2) is 0 Å². The lowest BCUT2D eigenvalue weighted by Crippen LogP contribution is -2.44. The summed E-state index contributed by atoms with van der Waals surface area (Å²) in [6.45, 7) is 0. The summed E-state index contributed by atoms with van der Waals surface area (Å²) >= 11 is 10.4. The van der Waals surface area contributed by atoms with Gasteiger partial charge >= 0.3 is 5.97 Å². The van der Waals surface area contributed by atoms with Gasteiger partial charge in [-0.2, -0.15) is 4.72 Å². The molecule has 1 aromatic heterocycles. The maximum atomic E-state index is 13.0. The van der Waals surface area contributed by atoms with Gasteiger partial charge in [-0.3, -0.25) is 4.79 Å². The van der Waals surface area contributed by atoms with Crippen LogP contribution in [0.3, 0.4) is 0 Å². The number of thiophene rings is 1. The van der Waals surface area contributed by atoms with Gasteiger partial charge in [0.05, 0.1) is 0 Å². The van der Waals surface area contributed by atoms with Gasteiger partial charge in [0.25, 0.3) is 10.0 Å². The lowest BCUT2D eigenvalue weighted by molar-refractivity contribution is -0.140. The molecule has 0 unspecified atom stereocenters. The van der Waals surface area contributed by atoms with Crippen molar-refractivity contribution in [3.05, 3.63) is 75.7 Å². The van der Waals surface area contributed by atoms with Crippen molar-refractivity contribution in [2.24, 2.45) is 0 Å². The Morgan fingerprint density at radius 1 is 1.14 bits per heavy atom. The molecule has 1 aliphatic rings. The lowest BCUT2D eigenvalue weighted by atomic mass is 10.1. The fourth-order valence-electron chi connectivity index (χ4n) is 3.31. The van der Waals surface area contributed by atoms with E-state index in [-0.39, 0.29) is 10.6 Å². The van der Waals surface area contributed by atoms with E-state index in [0.29, 0.717) is 5.02 Å². The molecule has 1 heterocycles. The molecule has 2 N–H and O–H groups in total. The number of nitrogens with one attached hydrogen (secondary N) is 1. The standard InChI is InChI=1S/C20H15BrClNO4S2/c21-16-4-2-1-3-14(16)15-11-20(15,19(24)25)23-29(26,27)18-10-9-17(28-18)12-5-7-13(22)8-6-12/h1-10,15,23H,11H2,(H,24,25)/t15-,20-/m1/s1. The highest BCUT2D eigenvalue weighted by Crippen LogP contribution is 2.54. The monoisotopic (exact) mass is 511 g/mol. The van der Waals surface area contributed by atoms with Crippen LogP contribution >= 0.6 is 38.9 Å². The minimum Gasteiger partial charge on any atom is -0.480 e. The molecule has 1 aliphatic carbocycles. The number of benzene rings is 2. The number of rotatable bonds is 6. The number of hydrogen-bond donors (Lipinski definition) is 2. The van der Waals surface area contributed by atoms with Crippen LogP contribution in [0, 0.1) is 0 Å². The Balaban J connectivity index is 1.62. The molecular weight excluding hydrogens is 498 g/mol. The van der Waals surface area contributed by atoms with Crippen molar-refractivity contribution >= 4 is 54.9 Å². The number of carboxylic acid groups (broad SMARTS) is 1. The molecule has 0 amide bonds. The molecule has 1 saturated carbocycles. The number of sulfonamides is 1. The fraction of sp³-hybridized carbons (Fsp3) is 0.150. The minimum atomic E-state index is -4.00. The SMILES string of the molecule is O=C(O)[C@@]1(NS(=O)(=O)c2ccc(-c3ccc(Cl)cc3)s2)C[C@@H]1c1ccccc1Br. The highest BCUT2D eigenvalue weighted by atomic mass is 79.9. The molecule has 9 heteroatoms. The lowest BCUT2D eigenvalue weighted by Gasteiger charge is -2.15. The number of carboxylic acids is 1. The predicted octanol–water partition coefficient (Wildman–Crippen LogP) is 5.12. The quantitative estimate of drug-likeness (QED) is 0.480. The molecule has 0 spiro atoms. The first-order valence-electron chi connectivity index (χ1n) is 8.60. The minimum absolute atomic E-state index is 0.0702. The molecule has 0 aliphatic heterocycles. The van der Waals surface area contributed by atoms with Crippen LogP contribution in [0.25, 0.3) is 10.4 Å². The molecule has 5 nitrogen and oxygen atoms in total. The van der Waals surface area contributed by atoms with E-state index in [1.54, 1.807) is 42.5 Å². The number of hydrogen-bond acceptors (Lipinski definition) is 4. The van der Waals surface area contributed by atoms with Crippen LogP contribution < -0.4 is 4.72 Å². The second-order valence-corrected chi connectivity index (χ2v) is 11.1. The third-order valence-corrected chi connectivity index (χ3v) is 9.02. The summed E-state index contributed by atoms with van der Waals surface area (Å²) in [5.74, 6) is -1.63. The van der Waals surface area contributed by atoms with E-state index >= 15 is 0 Å². The number of carbonyl (C=O) groups is 1. The van der Waals surface area contributed by atoms with Gasteiger partial charge in [0, 0.05) is 20.3 Å².